The Hall–Kier alpha value is -1.61. The molecule has 1 heterocycles. The van der Waals surface area contributed by atoms with Crippen molar-refractivity contribution in [2.75, 3.05) is 5.73 Å². The van der Waals surface area contributed by atoms with Crippen LogP contribution in [0.3, 0.4) is 0 Å². The van der Waals surface area contributed by atoms with Crippen LogP contribution in [0.1, 0.15) is 25.5 Å². The molecule has 0 bridgehead atoms. The molecule has 0 saturated heterocycles. The fourth-order valence-corrected chi connectivity index (χ4v) is 1.82. The van der Waals surface area contributed by atoms with Gasteiger partial charge in [0.25, 0.3) is 0 Å². The van der Waals surface area contributed by atoms with Crippen molar-refractivity contribution in [1.29, 1.82) is 0 Å². The average molecular weight is 248 g/mol. The first-order valence-electron chi connectivity index (χ1n) is 5.47. The minimum absolute atomic E-state index is 0.283. The summed E-state index contributed by atoms with van der Waals surface area (Å²) in [6.45, 7) is 4.14. The lowest BCUT2D eigenvalue weighted by molar-refractivity contribution is 0.819. The van der Waals surface area contributed by atoms with Crippen molar-refractivity contribution in [2.45, 2.75) is 19.8 Å². The van der Waals surface area contributed by atoms with Crippen molar-refractivity contribution in [3.8, 4) is 11.3 Å². The predicted octanol–water partition coefficient (Wildman–Crippen LogP) is 3.50. The van der Waals surface area contributed by atoms with E-state index in [0.29, 0.717) is 10.9 Å². The molecule has 1 aromatic heterocycles. The Morgan fingerprint density at radius 2 is 1.88 bits per heavy atom. The summed E-state index contributed by atoms with van der Waals surface area (Å²) in [5.41, 5.74) is 8.29. The number of aromatic nitrogens is 2. The molecule has 17 heavy (non-hydrogen) atoms. The minimum atomic E-state index is 0.283. The van der Waals surface area contributed by atoms with Crippen molar-refractivity contribution in [3.63, 3.8) is 0 Å². The predicted molar refractivity (Wildman–Crippen MR) is 71.0 cm³/mol. The monoisotopic (exact) mass is 247 g/mol. The second-order valence-electron chi connectivity index (χ2n) is 4.17. The number of halogens is 1. The summed E-state index contributed by atoms with van der Waals surface area (Å²) < 4.78 is 0. The molecular weight excluding hydrogens is 234 g/mol. The third kappa shape index (κ3) is 2.56. The SMILES string of the molecule is CC(C)c1cc(-c2ccccc2Cl)nc(N)n1. The van der Waals surface area contributed by atoms with Crippen LogP contribution in [0.25, 0.3) is 11.3 Å². The smallest absolute Gasteiger partial charge is 0.220 e. The Balaban J connectivity index is 2.56. The molecule has 2 N–H and O–H groups in total. The number of nitrogens with zero attached hydrogens (tertiary/aromatic N) is 2. The van der Waals surface area contributed by atoms with Gasteiger partial charge in [-0.15, -0.1) is 0 Å². The number of anilines is 1. The molecule has 88 valence electrons. The van der Waals surface area contributed by atoms with Gasteiger partial charge < -0.3 is 5.73 Å². The molecular formula is C13H14ClN3. The highest BCUT2D eigenvalue weighted by atomic mass is 35.5. The summed E-state index contributed by atoms with van der Waals surface area (Å²) in [6.07, 6.45) is 0. The highest BCUT2D eigenvalue weighted by molar-refractivity contribution is 6.33. The molecule has 0 spiro atoms. The van der Waals surface area contributed by atoms with Crippen LogP contribution >= 0.6 is 11.6 Å². The zero-order valence-electron chi connectivity index (χ0n) is 9.81. The molecule has 0 aliphatic heterocycles. The van der Waals surface area contributed by atoms with Gasteiger partial charge in [-0.1, -0.05) is 43.6 Å². The fourth-order valence-electron chi connectivity index (χ4n) is 1.59. The standard InChI is InChI=1S/C13H14ClN3/c1-8(2)11-7-12(17-13(15)16-11)9-5-3-4-6-10(9)14/h3-8H,1-2H3,(H2,15,16,17). The minimum Gasteiger partial charge on any atom is -0.368 e. The third-order valence-corrected chi connectivity index (χ3v) is 2.83. The van der Waals surface area contributed by atoms with Crippen molar-refractivity contribution in [1.82, 2.24) is 9.97 Å². The Kier molecular flexibility index (Phi) is 3.29. The molecule has 4 heteroatoms. The maximum atomic E-state index is 6.14. The van der Waals surface area contributed by atoms with E-state index < -0.39 is 0 Å². The van der Waals surface area contributed by atoms with Crippen molar-refractivity contribution in [2.24, 2.45) is 0 Å². The molecule has 0 aliphatic carbocycles. The Morgan fingerprint density at radius 3 is 2.53 bits per heavy atom. The van der Waals surface area contributed by atoms with Gasteiger partial charge in [0.05, 0.1) is 5.69 Å². The number of rotatable bonds is 2. The molecule has 0 unspecified atom stereocenters. The lowest BCUT2D eigenvalue weighted by atomic mass is 10.1. The largest absolute Gasteiger partial charge is 0.368 e. The molecule has 1 aromatic carbocycles. The van der Waals surface area contributed by atoms with Crippen LogP contribution in [0.4, 0.5) is 5.95 Å². The van der Waals surface area contributed by atoms with E-state index in [1.807, 2.05) is 30.3 Å². The fraction of sp³-hybridized carbons (Fsp3) is 0.231. The van der Waals surface area contributed by atoms with Crippen LogP contribution in [0.2, 0.25) is 5.02 Å². The zero-order valence-corrected chi connectivity index (χ0v) is 10.6. The highest BCUT2D eigenvalue weighted by Gasteiger charge is 2.09. The second-order valence-corrected chi connectivity index (χ2v) is 4.58. The van der Waals surface area contributed by atoms with Crippen LogP contribution in [0.5, 0.6) is 0 Å². The van der Waals surface area contributed by atoms with E-state index >= 15 is 0 Å². The quantitative estimate of drug-likeness (QED) is 0.884. The summed E-state index contributed by atoms with van der Waals surface area (Å²) in [5.74, 6) is 0.590. The molecule has 0 atom stereocenters. The van der Waals surface area contributed by atoms with Crippen LogP contribution in [0.15, 0.2) is 30.3 Å². The van der Waals surface area contributed by atoms with Crippen molar-refractivity contribution in [3.05, 3.63) is 41.0 Å². The Bertz CT molecular complexity index is 538. The summed E-state index contributed by atoms with van der Waals surface area (Å²) >= 11 is 6.14. The van der Waals surface area contributed by atoms with Crippen LogP contribution in [-0.2, 0) is 0 Å². The summed E-state index contributed by atoms with van der Waals surface area (Å²) in [7, 11) is 0. The highest BCUT2D eigenvalue weighted by Crippen LogP contribution is 2.28. The van der Waals surface area contributed by atoms with Gasteiger partial charge in [0.15, 0.2) is 0 Å². The van der Waals surface area contributed by atoms with Gasteiger partial charge in [0, 0.05) is 16.3 Å². The summed E-state index contributed by atoms with van der Waals surface area (Å²) in [4.78, 5) is 8.44. The van der Waals surface area contributed by atoms with Crippen LogP contribution in [0, 0.1) is 0 Å². The van der Waals surface area contributed by atoms with Gasteiger partial charge in [-0.2, -0.15) is 0 Å². The van der Waals surface area contributed by atoms with Gasteiger partial charge >= 0.3 is 0 Å². The summed E-state index contributed by atoms with van der Waals surface area (Å²) in [5, 5.41) is 0.667. The van der Waals surface area contributed by atoms with Gasteiger partial charge in [-0.3, -0.25) is 0 Å². The first kappa shape index (κ1) is 11.9. The molecule has 0 fully saturated rings. The van der Waals surface area contributed by atoms with E-state index in [2.05, 4.69) is 23.8 Å². The summed E-state index contributed by atoms with van der Waals surface area (Å²) in [6, 6.07) is 9.51. The van der Waals surface area contributed by atoms with E-state index in [1.54, 1.807) is 0 Å². The lowest BCUT2D eigenvalue weighted by Gasteiger charge is -2.09. The van der Waals surface area contributed by atoms with Gasteiger partial charge in [0.2, 0.25) is 5.95 Å². The number of nitrogens with two attached hydrogens (primary N) is 1. The number of hydrogen-bond acceptors (Lipinski definition) is 3. The molecule has 2 aromatic rings. The van der Waals surface area contributed by atoms with Gasteiger partial charge in [-0.25, -0.2) is 9.97 Å². The van der Waals surface area contributed by atoms with E-state index in [0.717, 1.165) is 17.0 Å². The van der Waals surface area contributed by atoms with Gasteiger partial charge in [0.1, 0.15) is 0 Å². The van der Waals surface area contributed by atoms with E-state index in [9.17, 15) is 0 Å². The number of benzene rings is 1. The Labute approximate surface area is 106 Å². The normalized spacial score (nSPS) is 10.8. The molecule has 0 radical (unpaired) electrons. The number of nitrogen functional groups attached to an aromatic ring is 1. The van der Waals surface area contributed by atoms with E-state index in [-0.39, 0.29) is 5.95 Å². The average Bonchev–Trinajstić information content (AvgIpc) is 2.28. The van der Waals surface area contributed by atoms with Crippen LogP contribution in [-0.4, -0.2) is 9.97 Å². The first-order chi connectivity index (χ1) is 8.08. The molecule has 0 saturated carbocycles. The van der Waals surface area contributed by atoms with E-state index in [4.69, 9.17) is 17.3 Å². The second kappa shape index (κ2) is 4.72. The topological polar surface area (TPSA) is 51.8 Å². The maximum Gasteiger partial charge on any atom is 0.220 e. The maximum absolute atomic E-state index is 6.14. The van der Waals surface area contributed by atoms with Gasteiger partial charge in [-0.05, 0) is 18.1 Å². The zero-order chi connectivity index (χ0) is 12.4. The Morgan fingerprint density at radius 1 is 1.18 bits per heavy atom. The molecule has 2 rings (SSSR count). The lowest BCUT2D eigenvalue weighted by Crippen LogP contribution is -2.02. The molecule has 3 nitrogen and oxygen atoms in total. The van der Waals surface area contributed by atoms with Crippen molar-refractivity contribution < 1.29 is 0 Å². The first-order valence-corrected chi connectivity index (χ1v) is 5.85. The number of hydrogen-bond donors (Lipinski definition) is 1. The van der Waals surface area contributed by atoms with Crippen molar-refractivity contribution >= 4 is 17.5 Å². The molecule has 0 aliphatic rings. The third-order valence-electron chi connectivity index (χ3n) is 2.50. The molecule has 0 amide bonds. The van der Waals surface area contributed by atoms with E-state index in [1.165, 1.54) is 0 Å². The van der Waals surface area contributed by atoms with Crippen LogP contribution < -0.4 is 5.73 Å².